The molecule has 0 radical (unpaired) electrons. The highest BCUT2D eigenvalue weighted by molar-refractivity contribution is 5.85. The number of rotatable bonds is 4. The zero-order chi connectivity index (χ0) is 16.2. The monoisotopic (exact) mass is 311 g/mol. The zero-order valence-electron chi connectivity index (χ0n) is 13.1. The molecule has 23 heavy (non-hydrogen) atoms. The van der Waals surface area contributed by atoms with Gasteiger partial charge in [0, 0.05) is 19.5 Å². The van der Waals surface area contributed by atoms with E-state index in [0.29, 0.717) is 19.5 Å². The highest BCUT2D eigenvalue weighted by Gasteiger charge is 2.24. The summed E-state index contributed by atoms with van der Waals surface area (Å²) in [4.78, 5) is 25.1. The van der Waals surface area contributed by atoms with Gasteiger partial charge >= 0.3 is 5.97 Å². The van der Waals surface area contributed by atoms with Crippen LogP contribution >= 0.6 is 0 Å². The molecule has 120 valence electrons. The van der Waals surface area contributed by atoms with E-state index in [0.717, 1.165) is 23.8 Å². The van der Waals surface area contributed by atoms with Crippen LogP contribution in [-0.4, -0.2) is 35.0 Å². The zero-order valence-corrected chi connectivity index (χ0v) is 13.1. The van der Waals surface area contributed by atoms with Crippen molar-refractivity contribution >= 4 is 22.6 Å². The van der Waals surface area contributed by atoms with Gasteiger partial charge in [0.2, 0.25) is 5.91 Å². The molecule has 0 unspecified atom stereocenters. The molecular formula is C19H21NO3. The van der Waals surface area contributed by atoms with Gasteiger partial charge < -0.3 is 10.0 Å². The Kier molecular flexibility index (Phi) is 4.60. The smallest absolute Gasteiger partial charge is 0.303 e. The second-order valence-corrected chi connectivity index (χ2v) is 6.28. The first-order valence-electron chi connectivity index (χ1n) is 8.09. The summed E-state index contributed by atoms with van der Waals surface area (Å²) in [5.41, 5.74) is 1.03. The van der Waals surface area contributed by atoms with Crippen LogP contribution < -0.4 is 0 Å². The number of carbonyl (C=O) groups excluding carboxylic acids is 1. The molecule has 0 aliphatic carbocycles. The maximum Gasteiger partial charge on any atom is 0.303 e. The number of hydrogen-bond acceptors (Lipinski definition) is 2. The minimum atomic E-state index is -0.744. The van der Waals surface area contributed by atoms with Crippen molar-refractivity contribution in [1.29, 1.82) is 0 Å². The van der Waals surface area contributed by atoms with E-state index < -0.39 is 5.97 Å². The molecule has 2 aromatic carbocycles. The molecule has 1 saturated heterocycles. The van der Waals surface area contributed by atoms with Crippen molar-refractivity contribution < 1.29 is 14.7 Å². The van der Waals surface area contributed by atoms with Crippen LogP contribution in [0.4, 0.5) is 0 Å². The number of carbonyl (C=O) groups is 2. The Morgan fingerprint density at radius 3 is 2.43 bits per heavy atom. The van der Waals surface area contributed by atoms with Crippen molar-refractivity contribution in [2.45, 2.75) is 25.7 Å². The van der Waals surface area contributed by atoms with Crippen LogP contribution in [0.1, 0.15) is 24.8 Å². The van der Waals surface area contributed by atoms with Gasteiger partial charge in [0.15, 0.2) is 0 Å². The number of hydrogen-bond donors (Lipinski definition) is 1. The molecule has 0 atom stereocenters. The van der Waals surface area contributed by atoms with Gasteiger partial charge in [-0.15, -0.1) is 0 Å². The van der Waals surface area contributed by atoms with Crippen molar-refractivity contribution in [2.24, 2.45) is 5.92 Å². The molecule has 0 spiro atoms. The molecule has 1 N–H and O–H groups in total. The van der Waals surface area contributed by atoms with Gasteiger partial charge in [0.25, 0.3) is 0 Å². The third-order valence-corrected chi connectivity index (χ3v) is 4.60. The SMILES string of the molecule is O=C(O)CC1CCN(C(=O)Cc2ccc3ccccc3c2)CC1. The number of likely N-dealkylation sites (tertiary alicyclic amines) is 1. The highest BCUT2D eigenvalue weighted by atomic mass is 16.4. The lowest BCUT2D eigenvalue weighted by molar-refractivity contribution is -0.138. The standard InChI is InChI=1S/C19H21NO3/c21-18(20-9-7-14(8-10-20)13-19(22)23)12-15-5-6-16-3-1-2-4-17(16)11-15/h1-6,11,14H,7-10,12-13H2,(H,22,23). The van der Waals surface area contributed by atoms with E-state index >= 15 is 0 Å². The number of piperidine rings is 1. The molecule has 1 heterocycles. The Morgan fingerprint density at radius 2 is 1.74 bits per heavy atom. The van der Waals surface area contributed by atoms with Gasteiger partial charge in [0.1, 0.15) is 0 Å². The molecule has 1 amide bonds. The van der Waals surface area contributed by atoms with E-state index in [1.165, 1.54) is 5.39 Å². The largest absolute Gasteiger partial charge is 0.481 e. The Morgan fingerprint density at radius 1 is 1.04 bits per heavy atom. The first kappa shape index (κ1) is 15.5. The number of aliphatic carboxylic acids is 1. The van der Waals surface area contributed by atoms with Crippen LogP contribution in [0.2, 0.25) is 0 Å². The topological polar surface area (TPSA) is 57.6 Å². The lowest BCUT2D eigenvalue weighted by Gasteiger charge is -2.31. The van der Waals surface area contributed by atoms with E-state index in [-0.39, 0.29) is 18.2 Å². The Hall–Kier alpha value is -2.36. The fourth-order valence-corrected chi connectivity index (χ4v) is 3.27. The van der Waals surface area contributed by atoms with Crippen molar-refractivity contribution in [1.82, 2.24) is 4.90 Å². The van der Waals surface area contributed by atoms with E-state index in [2.05, 4.69) is 24.3 Å². The molecule has 1 fully saturated rings. The van der Waals surface area contributed by atoms with Crippen molar-refractivity contribution in [3.63, 3.8) is 0 Å². The molecule has 1 aliphatic heterocycles. The molecule has 0 saturated carbocycles. The van der Waals surface area contributed by atoms with Crippen LogP contribution in [0, 0.1) is 5.92 Å². The fraction of sp³-hybridized carbons (Fsp3) is 0.368. The predicted octanol–water partition coefficient (Wildman–Crippen LogP) is 3.10. The summed E-state index contributed by atoms with van der Waals surface area (Å²) in [5, 5.41) is 11.2. The van der Waals surface area contributed by atoms with Crippen LogP contribution in [0.5, 0.6) is 0 Å². The molecule has 0 bridgehead atoms. The van der Waals surface area contributed by atoms with Gasteiger partial charge in [-0.1, -0.05) is 42.5 Å². The average Bonchev–Trinajstić information content (AvgIpc) is 2.55. The normalized spacial score (nSPS) is 15.7. The fourth-order valence-electron chi connectivity index (χ4n) is 3.27. The van der Waals surface area contributed by atoms with Gasteiger partial charge in [-0.05, 0) is 35.1 Å². The van der Waals surface area contributed by atoms with Crippen LogP contribution in [-0.2, 0) is 16.0 Å². The first-order chi connectivity index (χ1) is 11.1. The summed E-state index contributed by atoms with van der Waals surface area (Å²) in [6.45, 7) is 1.34. The van der Waals surface area contributed by atoms with E-state index in [4.69, 9.17) is 5.11 Å². The van der Waals surface area contributed by atoms with E-state index in [9.17, 15) is 9.59 Å². The molecule has 2 aromatic rings. The average molecular weight is 311 g/mol. The second kappa shape index (κ2) is 6.82. The van der Waals surface area contributed by atoms with Crippen LogP contribution in [0.25, 0.3) is 10.8 Å². The van der Waals surface area contributed by atoms with E-state index in [1.807, 2.05) is 23.1 Å². The molecule has 4 heteroatoms. The minimum Gasteiger partial charge on any atom is -0.481 e. The van der Waals surface area contributed by atoms with Crippen LogP contribution in [0.3, 0.4) is 0 Å². The van der Waals surface area contributed by atoms with Gasteiger partial charge in [-0.25, -0.2) is 0 Å². The summed E-state index contributed by atoms with van der Waals surface area (Å²) in [7, 11) is 0. The van der Waals surface area contributed by atoms with Gasteiger partial charge in [-0.2, -0.15) is 0 Å². The Bertz CT molecular complexity index is 717. The lowest BCUT2D eigenvalue weighted by atomic mass is 9.93. The first-order valence-corrected chi connectivity index (χ1v) is 8.09. The summed E-state index contributed by atoms with van der Waals surface area (Å²) in [6, 6.07) is 14.3. The van der Waals surface area contributed by atoms with Gasteiger partial charge in [-0.3, -0.25) is 9.59 Å². The molecular weight excluding hydrogens is 290 g/mol. The predicted molar refractivity (Wildman–Crippen MR) is 89.2 cm³/mol. The van der Waals surface area contributed by atoms with Crippen LogP contribution in [0.15, 0.2) is 42.5 Å². The third kappa shape index (κ3) is 3.89. The van der Waals surface area contributed by atoms with Crippen molar-refractivity contribution in [3.05, 3.63) is 48.0 Å². The second-order valence-electron chi connectivity index (χ2n) is 6.28. The molecule has 3 rings (SSSR count). The minimum absolute atomic E-state index is 0.133. The highest BCUT2D eigenvalue weighted by Crippen LogP contribution is 2.22. The summed E-state index contributed by atoms with van der Waals surface area (Å²) < 4.78 is 0. The quantitative estimate of drug-likeness (QED) is 0.944. The lowest BCUT2D eigenvalue weighted by Crippen LogP contribution is -2.39. The Balaban J connectivity index is 1.59. The number of nitrogens with zero attached hydrogens (tertiary/aromatic N) is 1. The number of benzene rings is 2. The van der Waals surface area contributed by atoms with E-state index in [1.54, 1.807) is 0 Å². The van der Waals surface area contributed by atoms with Crippen molar-refractivity contribution in [2.75, 3.05) is 13.1 Å². The van der Waals surface area contributed by atoms with Crippen molar-refractivity contribution in [3.8, 4) is 0 Å². The molecule has 4 nitrogen and oxygen atoms in total. The number of fused-ring (bicyclic) bond motifs is 1. The summed E-state index contributed by atoms with van der Waals surface area (Å²) >= 11 is 0. The summed E-state index contributed by atoms with van der Waals surface area (Å²) in [6.07, 6.45) is 2.20. The number of amides is 1. The van der Waals surface area contributed by atoms with Gasteiger partial charge in [0.05, 0.1) is 6.42 Å². The molecule has 0 aromatic heterocycles. The maximum atomic E-state index is 12.4. The maximum absolute atomic E-state index is 12.4. The Labute approximate surface area is 135 Å². The number of carboxylic acids is 1. The number of carboxylic acid groups (broad SMARTS) is 1. The third-order valence-electron chi connectivity index (χ3n) is 4.60. The summed E-state index contributed by atoms with van der Waals surface area (Å²) in [5.74, 6) is -0.405. The molecule has 1 aliphatic rings.